The van der Waals surface area contributed by atoms with Crippen molar-refractivity contribution in [1.82, 2.24) is 10.5 Å². The van der Waals surface area contributed by atoms with Crippen LogP contribution in [0.4, 0.5) is 0 Å². The van der Waals surface area contributed by atoms with Crippen LogP contribution in [0.1, 0.15) is 30.8 Å². The minimum Gasteiger partial charge on any atom is -0.351 e. The van der Waals surface area contributed by atoms with Crippen molar-refractivity contribution >= 4 is 5.91 Å². The molecule has 0 spiro atoms. The van der Waals surface area contributed by atoms with E-state index in [-0.39, 0.29) is 17.7 Å². The van der Waals surface area contributed by atoms with Crippen molar-refractivity contribution in [1.29, 1.82) is 0 Å². The normalized spacial score (nSPS) is 12.8. The van der Waals surface area contributed by atoms with E-state index in [0.29, 0.717) is 12.5 Å². The molecular formula is C10H17N3O2. The maximum absolute atomic E-state index is 11.6. The van der Waals surface area contributed by atoms with E-state index in [9.17, 15) is 4.79 Å². The second-order valence-corrected chi connectivity index (χ2v) is 3.91. The molecule has 0 saturated heterocycles. The van der Waals surface area contributed by atoms with Gasteiger partial charge in [0.05, 0.1) is 6.20 Å². The summed E-state index contributed by atoms with van der Waals surface area (Å²) in [7, 11) is 0. The fourth-order valence-electron chi connectivity index (χ4n) is 1.37. The molecule has 84 valence electrons. The summed E-state index contributed by atoms with van der Waals surface area (Å²) in [6.07, 6.45) is 2.30. The van der Waals surface area contributed by atoms with E-state index in [1.807, 2.05) is 0 Å². The van der Waals surface area contributed by atoms with E-state index in [2.05, 4.69) is 24.3 Å². The van der Waals surface area contributed by atoms with Crippen LogP contribution in [0, 0.1) is 5.92 Å². The molecule has 0 aliphatic rings. The Labute approximate surface area is 89.0 Å². The van der Waals surface area contributed by atoms with Crippen LogP contribution >= 0.6 is 0 Å². The van der Waals surface area contributed by atoms with Gasteiger partial charge >= 0.3 is 0 Å². The molecule has 1 heterocycles. The molecule has 1 aromatic rings. The van der Waals surface area contributed by atoms with E-state index in [4.69, 9.17) is 10.3 Å². The van der Waals surface area contributed by atoms with Gasteiger partial charge < -0.3 is 15.6 Å². The Morgan fingerprint density at radius 3 is 2.87 bits per heavy atom. The van der Waals surface area contributed by atoms with Crippen molar-refractivity contribution in [2.75, 3.05) is 6.54 Å². The minimum atomic E-state index is -0.261. The predicted octanol–water partition coefficient (Wildman–Crippen LogP) is 0.778. The van der Waals surface area contributed by atoms with Crippen molar-refractivity contribution in [2.45, 2.75) is 26.3 Å². The van der Waals surface area contributed by atoms with Gasteiger partial charge in [-0.15, -0.1) is 0 Å². The van der Waals surface area contributed by atoms with Crippen LogP contribution in [0.25, 0.3) is 0 Å². The Morgan fingerprint density at radius 1 is 1.67 bits per heavy atom. The predicted molar refractivity (Wildman–Crippen MR) is 56.3 cm³/mol. The van der Waals surface area contributed by atoms with E-state index in [0.717, 1.165) is 6.42 Å². The molecule has 0 aromatic carbocycles. The number of hydrogen-bond donors (Lipinski definition) is 2. The highest BCUT2D eigenvalue weighted by atomic mass is 16.5. The fraction of sp³-hybridized carbons (Fsp3) is 0.600. The van der Waals surface area contributed by atoms with Gasteiger partial charge in [-0.25, -0.2) is 0 Å². The lowest BCUT2D eigenvalue weighted by molar-refractivity contribution is 0.0896. The summed E-state index contributed by atoms with van der Waals surface area (Å²) >= 11 is 0. The molecule has 0 aliphatic heterocycles. The molecule has 1 amide bonds. The van der Waals surface area contributed by atoms with E-state index in [1.54, 1.807) is 0 Å². The third-order valence-electron chi connectivity index (χ3n) is 2.04. The van der Waals surface area contributed by atoms with Gasteiger partial charge in [-0.05, 0) is 12.3 Å². The summed E-state index contributed by atoms with van der Waals surface area (Å²) in [5.74, 6) is 0.453. The highest BCUT2D eigenvalue weighted by Crippen LogP contribution is 2.05. The number of hydrogen-bond acceptors (Lipinski definition) is 4. The molecule has 3 N–H and O–H groups in total. The van der Waals surface area contributed by atoms with Gasteiger partial charge in [0.1, 0.15) is 0 Å². The second-order valence-electron chi connectivity index (χ2n) is 3.91. The lowest BCUT2D eigenvalue weighted by Gasteiger charge is -2.17. The smallest absolute Gasteiger partial charge is 0.290 e. The van der Waals surface area contributed by atoms with Crippen molar-refractivity contribution < 1.29 is 9.32 Å². The molecule has 15 heavy (non-hydrogen) atoms. The number of rotatable bonds is 5. The summed E-state index contributed by atoms with van der Waals surface area (Å²) in [6.45, 7) is 4.60. The standard InChI is InChI=1S/C10H17N3O2/c1-7(2)5-8(6-11)13-10(14)9-3-4-12-15-9/h3-4,7-8H,5-6,11H2,1-2H3,(H,13,14). The maximum atomic E-state index is 11.6. The third-order valence-corrected chi connectivity index (χ3v) is 2.04. The lowest BCUT2D eigenvalue weighted by atomic mass is 10.0. The van der Waals surface area contributed by atoms with Gasteiger partial charge in [-0.3, -0.25) is 4.79 Å². The zero-order valence-corrected chi connectivity index (χ0v) is 9.06. The van der Waals surface area contributed by atoms with Gasteiger partial charge in [0.2, 0.25) is 5.76 Å². The fourth-order valence-corrected chi connectivity index (χ4v) is 1.37. The van der Waals surface area contributed by atoms with E-state index < -0.39 is 0 Å². The minimum absolute atomic E-state index is 0.0115. The summed E-state index contributed by atoms with van der Waals surface area (Å²) in [5, 5.41) is 6.27. The Morgan fingerprint density at radius 2 is 2.40 bits per heavy atom. The van der Waals surface area contributed by atoms with Crippen LogP contribution in [0.15, 0.2) is 16.8 Å². The Hall–Kier alpha value is -1.36. The largest absolute Gasteiger partial charge is 0.351 e. The third kappa shape index (κ3) is 3.71. The molecule has 0 fully saturated rings. The highest BCUT2D eigenvalue weighted by Gasteiger charge is 2.15. The van der Waals surface area contributed by atoms with Crippen molar-refractivity contribution in [3.05, 3.63) is 18.0 Å². The van der Waals surface area contributed by atoms with Crippen molar-refractivity contribution in [3.8, 4) is 0 Å². The first-order valence-electron chi connectivity index (χ1n) is 5.05. The van der Waals surface area contributed by atoms with E-state index >= 15 is 0 Å². The number of carbonyl (C=O) groups excluding carboxylic acids is 1. The molecule has 0 saturated carbocycles. The average molecular weight is 211 g/mol. The molecule has 1 rings (SSSR count). The SMILES string of the molecule is CC(C)CC(CN)NC(=O)c1ccno1. The Bertz CT molecular complexity index is 296. The summed E-state index contributed by atoms with van der Waals surface area (Å²) < 4.78 is 4.74. The number of nitrogens with one attached hydrogen (secondary N) is 1. The zero-order valence-electron chi connectivity index (χ0n) is 9.06. The van der Waals surface area contributed by atoms with Crippen LogP contribution in [0.5, 0.6) is 0 Å². The van der Waals surface area contributed by atoms with E-state index in [1.165, 1.54) is 12.3 Å². The van der Waals surface area contributed by atoms with Gasteiger partial charge in [-0.1, -0.05) is 19.0 Å². The molecule has 1 aromatic heterocycles. The number of amides is 1. The van der Waals surface area contributed by atoms with Gasteiger partial charge in [0, 0.05) is 18.7 Å². The first-order chi connectivity index (χ1) is 7.13. The topological polar surface area (TPSA) is 81.1 Å². The highest BCUT2D eigenvalue weighted by molar-refractivity contribution is 5.91. The summed E-state index contributed by atoms with van der Waals surface area (Å²) in [5.41, 5.74) is 5.56. The van der Waals surface area contributed by atoms with Crippen LogP contribution in [-0.2, 0) is 0 Å². The number of nitrogens with two attached hydrogens (primary N) is 1. The van der Waals surface area contributed by atoms with Crippen molar-refractivity contribution in [3.63, 3.8) is 0 Å². The maximum Gasteiger partial charge on any atom is 0.290 e. The molecule has 5 heteroatoms. The molecule has 5 nitrogen and oxygen atoms in total. The monoisotopic (exact) mass is 211 g/mol. The number of carbonyl (C=O) groups is 1. The Kier molecular flexibility index (Phi) is 4.30. The summed E-state index contributed by atoms with van der Waals surface area (Å²) in [6, 6.07) is 1.51. The first-order valence-corrected chi connectivity index (χ1v) is 5.05. The molecule has 0 bridgehead atoms. The second kappa shape index (κ2) is 5.50. The quantitative estimate of drug-likeness (QED) is 0.754. The molecule has 1 unspecified atom stereocenters. The Balaban J connectivity index is 2.48. The number of nitrogens with zero attached hydrogens (tertiary/aromatic N) is 1. The average Bonchev–Trinajstić information content (AvgIpc) is 2.68. The lowest BCUT2D eigenvalue weighted by Crippen LogP contribution is -2.40. The van der Waals surface area contributed by atoms with Crippen LogP contribution in [0.2, 0.25) is 0 Å². The number of aromatic nitrogens is 1. The van der Waals surface area contributed by atoms with Gasteiger partial charge in [0.15, 0.2) is 0 Å². The molecule has 1 atom stereocenters. The first kappa shape index (κ1) is 11.7. The molecular weight excluding hydrogens is 194 g/mol. The zero-order chi connectivity index (χ0) is 11.3. The molecule has 0 aliphatic carbocycles. The van der Waals surface area contributed by atoms with Crippen LogP contribution in [-0.4, -0.2) is 23.7 Å². The van der Waals surface area contributed by atoms with Crippen LogP contribution < -0.4 is 11.1 Å². The van der Waals surface area contributed by atoms with Gasteiger partial charge in [-0.2, -0.15) is 0 Å². The summed E-state index contributed by atoms with van der Waals surface area (Å²) in [4.78, 5) is 11.6. The van der Waals surface area contributed by atoms with Crippen LogP contribution in [0.3, 0.4) is 0 Å². The van der Waals surface area contributed by atoms with Crippen molar-refractivity contribution in [2.24, 2.45) is 11.7 Å². The van der Waals surface area contributed by atoms with Gasteiger partial charge in [0.25, 0.3) is 5.91 Å². The molecule has 0 radical (unpaired) electrons.